The lowest BCUT2D eigenvalue weighted by Crippen LogP contribution is -2.38. The van der Waals surface area contributed by atoms with Crippen molar-refractivity contribution in [3.8, 4) is 22.7 Å². The van der Waals surface area contributed by atoms with Crippen molar-refractivity contribution in [2.24, 2.45) is 0 Å². The molecule has 1 amide bonds. The van der Waals surface area contributed by atoms with E-state index in [9.17, 15) is 4.79 Å². The number of hydrogen-bond donors (Lipinski definition) is 1. The highest BCUT2D eigenvalue weighted by atomic mass is 16.5. The second-order valence-electron chi connectivity index (χ2n) is 7.55. The van der Waals surface area contributed by atoms with Crippen molar-refractivity contribution in [2.45, 2.75) is 19.3 Å². The standard InChI is InChI=1S/C24H28N4O2/c1-30-21-12-10-19(11-13-21)22-18-23(28(26-22)20-8-4-2-5-9-20)24(29)25-14-17-27-15-6-3-7-16-27/h2,4-5,8-13,18H,3,6-7,14-17H2,1H3,(H,25,29). The van der Waals surface area contributed by atoms with Gasteiger partial charge in [-0.1, -0.05) is 24.6 Å². The van der Waals surface area contributed by atoms with Gasteiger partial charge in [-0.3, -0.25) is 4.79 Å². The molecule has 1 aliphatic rings. The van der Waals surface area contributed by atoms with Crippen LogP contribution < -0.4 is 10.1 Å². The number of piperidine rings is 1. The largest absolute Gasteiger partial charge is 0.497 e. The molecule has 30 heavy (non-hydrogen) atoms. The first kappa shape index (κ1) is 20.2. The van der Waals surface area contributed by atoms with Gasteiger partial charge in [-0.2, -0.15) is 5.10 Å². The molecule has 6 nitrogen and oxygen atoms in total. The molecule has 0 radical (unpaired) electrons. The Morgan fingerprint density at radius 1 is 1.03 bits per heavy atom. The van der Waals surface area contributed by atoms with Crippen LogP contribution in [0, 0.1) is 0 Å². The zero-order valence-corrected chi connectivity index (χ0v) is 17.4. The minimum Gasteiger partial charge on any atom is -0.497 e. The minimum absolute atomic E-state index is 0.108. The average molecular weight is 405 g/mol. The molecule has 6 heteroatoms. The number of methoxy groups -OCH3 is 1. The first-order chi connectivity index (χ1) is 14.7. The summed E-state index contributed by atoms with van der Waals surface area (Å²) in [5, 5.41) is 7.81. The molecule has 1 saturated heterocycles. The molecule has 0 saturated carbocycles. The van der Waals surface area contributed by atoms with Gasteiger partial charge in [-0.15, -0.1) is 0 Å². The molecule has 0 aliphatic carbocycles. The van der Waals surface area contributed by atoms with Crippen molar-refractivity contribution in [3.63, 3.8) is 0 Å². The van der Waals surface area contributed by atoms with Crippen LogP contribution in [-0.2, 0) is 0 Å². The number of amides is 1. The molecular formula is C24H28N4O2. The van der Waals surface area contributed by atoms with Crippen LogP contribution in [0.25, 0.3) is 16.9 Å². The number of aromatic nitrogens is 2. The number of nitrogens with zero attached hydrogens (tertiary/aromatic N) is 3. The van der Waals surface area contributed by atoms with E-state index in [-0.39, 0.29) is 5.91 Å². The number of nitrogens with one attached hydrogen (secondary N) is 1. The van der Waals surface area contributed by atoms with E-state index in [2.05, 4.69) is 10.2 Å². The summed E-state index contributed by atoms with van der Waals surface area (Å²) in [4.78, 5) is 15.4. The Hall–Kier alpha value is -3.12. The molecule has 0 spiro atoms. The van der Waals surface area contributed by atoms with E-state index < -0.39 is 0 Å². The van der Waals surface area contributed by atoms with E-state index >= 15 is 0 Å². The van der Waals surface area contributed by atoms with Gasteiger partial charge in [0.15, 0.2) is 0 Å². The molecule has 2 aromatic carbocycles. The summed E-state index contributed by atoms with van der Waals surface area (Å²) in [6.07, 6.45) is 3.81. The molecule has 1 aromatic heterocycles. The third-order valence-corrected chi connectivity index (χ3v) is 5.49. The summed E-state index contributed by atoms with van der Waals surface area (Å²) in [5.74, 6) is 0.681. The van der Waals surface area contributed by atoms with Crippen molar-refractivity contribution in [1.29, 1.82) is 0 Å². The summed E-state index contributed by atoms with van der Waals surface area (Å²) in [7, 11) is 1.64. The summed E-state index contributed by atoms with van der Waals surface area (Å²) in [5.41, 5.74) is 3.08. The molecule has 3 aromatic rings. The maximum atomic E-state index is 13.0. The molecule has 1 N–H and O–H groups in total. The van der Waals surface area contributed by atoms with E-state index in [0.717, 1.165) is 42.3 Å². The molecule has 4 rings (SSSR count). The smallest absolute Gasteiger partial charge is 0.270 e. The average Bonchev–Trinajstić information content (AvgIpc) is 3.26. The predicted molar refractivity (Wildman–Crippen MR) is 118 cm³/mol. The van der Waals surface area contributed by atoms with Gasteiger partial charge in [0.05, 0.1) is 18.5 Å². The zero-order valence-electron chi connectivity index (χ0n) is 17.4. The third-order valence-electron chi connectivity index (χ3n) is 5.49. The van der Waals surface area contributed by atoms with Gasteiger partial charge in [0, 0.05) is 18.7 Å². The lowest BCUT2D eigenvalue weighted by Gasteiger charge is -2.26. The van der Waals surface area contributed by atoms with Crippen LogP contribution in [-0.4, -0.2) is 53.9 Å². The monoisotopic (exact) mass is 404 g/mol. The number of likely N-dealkylation sites (tertiary alicyclic amines) is 1. The van der Waals surface area contributed by atoms with E-state index in [1.165, 1.54) is 19.3 Å². The third kappa shape index (κ3) is 4.71. The Bertz CT molecular complexity index is 961. The summed E-state index contributed by atoms with van der Waals surface area (Å²) >= 11 is 0. The SMILES string of the molecule is COc1ccc(-c2cc(C(=O)NCCN3CCCCC3)n(-c3ccccc3)n2)cc1. The van der Waals surface area contributed by atoms with Gasteiger partial charge >= 0.3 is 0 Å². The fourth-order valence-corrected chi connectivity index (χ4v) is 3.81. The van der Waals surface area contributed by atoms with Gasteiger partial charge in [-0.25, -0.2) is 4.68 Å². The summed E-state index contributed by atoms with van der Waals surface area (Å²) in [6, 6.07) is 19.3. The molecule has 156 valence electrons. The fraction of sp³-hybridized carbons (Fsp3) is 0.333. The molecule has 1 fully saturated rings. The number of rotatable bonds is 7. The second kappa shape index (κ2) is 9.59. The topological polar surface area (TPSA) is 59.4 Å². The summed E-state index contributed by atoms with van der Waals surface area (Å²) in [6.45, 7) is 3.77. The van der Waals surface area contributed by atoms with Gasteiger partial charge in [0.25, 0.3) is 5.91 Å². The van der Waals surface area contributed by atoms with Crippen LogP contribution >= 0.6 is 0 Å². The van der Waals surface area contributed by atoms with Crippen molar-refractivity contribution in [1.82, 2.24) is 20.0 Å². The maximum absolute atomic E-state index is 13.0. The highest BCUT2D eigenvalue weighted by Crippen LogP contribution is 2.24. The van der Waals surface area contributed by atoms with E-state index in [4.69, 9.17) is 9.84 Å². The molecule has 2 heterocycles. The highest BCUT2D eigenvalue weighted by molar-refractivity contribution is 5.94. The Labute approximate surface area is 177 Å². The summed E-state index contributed by atoms with van der Waals surface area (Å²) < 4.78 is 6.96. The normalized spacial score (nSPS) is 14.4. The van der Waals surface area contributed by atoms with Crippen LogP contribution in [0.4, 0.5) is 0 Å². The van der Waals surface area contributed by atoms with Gasteiger partial charge in [0.1, 0.15) is 11.4 Å². The lowest BCUT2D eigenvalue weighted by molar-refractivity contribution is 0.0939. The maximum Gasteiger partial charge on any atom is 0.270 e. The lowest BCUT2D eigenvalue weighted by atomic mass is 10.1. The number of benzene rings is 2. The highest BCUT2D eigenvalue weighted by Gasteiger charge is 2.18. The molecular weight excluding hydrogens is 376 g/mol. The van der Waals surface area contributed by atoms with Gasteiger partial charge < -0.3 is 15.0 Å². The number of hydrogen-bond acceptors (Lipinski definition) is 4. The molecule has 0 bridgehead atoms. The van der Waals surface area contributed by atoms with E-state index in [1.54, 1.807) is 11.8 Å². The van der Waals surface area contributed by atoms with Crippen LogP contribution in [0.1, 0.15) is 29.8 Å². The van der Waals surface area contributed by atoms with Crippen molar-refractivity contribution < 1.29 is 9.53 Å². The van der Waals surface area contributed by atoms with Crippen LogP contribution in [0.2, 0.25) is 0 Å². The first-order valence-corrected chi connectivity index (χ1v) is 10.5. The van der Waals surface area contributed by atoms with Crippen LogP contribution in [0.15, 0.2) is 60.7 Å². The molecule has 1 aliphatic heterocycles. The first-order valence-electron chi connectivity index (χ1n) is 10.5. The molecule has 0 unspecified atom stereocenters. The second-order valence-corrected chi connectivity index (χ2v) is 7.55. The minimum atomic E-state index is -0.108. The Morgan fingerprint density at radius 3 is 2.47 bits per heavy atom. The van der Waals surface area contributed by atoms with Crippen LogP contribution in [0.3, 0.4) is 0 Å². The van der Waals surface area contributed by atoms with E-state index in [0.29, 0.717) is 12.2 Å². The quantitative estimate of drug-likeness (QED) is 0.651. The number of para-hydroxylation sites is 1. The zero-order chi connectivity index (χ0) is 20.8. The van der Waals surface area contributed by atoms with Crippen molar-refractivity contribution in [2.75, 3.05) is 33.3 Å². The van der Waals surface area contributed by atoms with Crippen molar-refractivity contribution >= 4 is 5.91 Å². The number of ether oxygens (including phenoxy) is 1. The Balaban J connectivity index is 1.55. The van der Waals surface area contributed by atoms with Gasteiger partial charge in [0.2, 0.25) is 0 Å². The Kier molecular flexibility index (Phi) is 6.44. The fourth-order valence-electron chi connectivity index (χ4n) is 3.81. The van der Waals surface area contributed by atoms with Gasteiger partial charge in [-0.05, 0) is 68.4 Å². The molecule has 0 atom stereocenters. The predicted octanol–water partition coefficient (Wildman–Crippen LogP) is 3.76. The Morgan fingerprint density at radius 2 is 1.77 bits per heavy atom. The number of carbonyl (C=O) groups is 1. The number of carbonyl (C=O) groups excluding carboxylic acids is 1. The van der Waals surface area contributed by atoms with E-state index in [1.807, 2.05) is 60.7 Å². The van der Waals surface area contributed by atoms with Crippen molar-refractivity contribution in [3.05, 3.63) is 66.4 Å². The van der Waals surface area contributed by atoms with Crippen LogP contribution in [0.5, 0.6) is 5.75 Å².